The molecule has 0 saturated carbocycles. The van der Waals surface area contributed by atoms with Crippen LogP contribution < -0.4 is 10.6 Å². The maximum Gasteiger partial charge on any atom is 0.390 e. The van der Waals surface area contributed by atoms with Gasteiger partial charge in [-0.2, -0.15) is 13.2 Å². The second-order valence-corrected chi connectivity index (χ2v) is 4.55. The van der Waals surface area contributed by atoms with Crippen LogP contribution in [0.3, 0.4) is 0 Å². The van der Waals surface area contributed by atoms with E-state index in [0.717, 1.165) is 0 Å². The van der Waals surface area contributed by atoms with Crippen molar-refractivity contribution in [2.24, 2.45) is 4.99 Å². The standard InChI is InChI=1S/C14H19F4N3O.HI/c1-2-19-13(20-8-7-14(16,17)18)21-9-12(22)10-5-3-4-6-11(10)15;/h3-6,12,22H,2,7-9H2,1H3,(H2,19,20,21);1H. The Hall–Kier alpha value is -1.10. The lowest BCUT2D eigenvalue weighted by atomic mass is 10.1. The first-order valence-electron chi connectivity index (χ1n) is 6.85. The molecule has 1 unspecified atom stereocenters. The predicted molar refractivity (Wildman–Crippen MR) is 91.4 cm³/mol. The molecule has 0 aliphatic heterocycles. The number of hydrogen-bond acceptors (Lipinski definition) is 2. The van der Waals surface area contributed by atoms with Gasteiger partial charge in [-0.15, -0.1) is 24.0 Å². The summed E-state index contributed by atoms with van der Waals surface area (Å²) in [5, 5.41) is 15.2. The van der Waals surface area contributed by atoms with Crippen molar-refractivity contribution < 1.29 is 22.7 Å². The van der Waals surface area contributed by atoms with Crippen molar-refractivity contribution in [2.45, 2.75) is 25.6 Å². The molecule has 0 bridgehead atoms. The minimum Gasteiger partial charge on any atom is -0.386 e. The SMILES string of the molecule is CCNC(=NCC(O)c1ccccc1F)NCCC(F)(F)F.I. The van der Waals surface area contributed by atoms with E-state index in [4.69, 9.17) is 0 Å². The fourth-order valence-corrected chi connectivity index (χ4v) is 1.69. The third-order valence-corrected chi connectivity index (χ3v) is 2.73. The first kappa shape index (κ1) is 21.9. The van der Waals surface area contributed by atoms with E-state index in [1.165, 1.54) is 18.2 Å². The summed E-state index contributed by atoms with van der Waals surface area (Å²) in [5.74, 6) is -0.414. The second kappa shape index (κ2) is 10.6. The molecule has 132 valence electrons. The Morgan fingerprint density at radius 3 is 2.48 bits per heavy atom. The fraction of sp³-hybridized carbons (Fsp3) is 0.500. The average Bonchev–Trinajstić information content (AvgIpc) is 2.43. The van der Waals surface area contributed by atoms with E-state index < -0.39 is 24.5 Å². The number of benzene rings is 1. The number of aliphatic imine (C=N–C) groups is 1. The zero-order valence-electron chi connectivity index (χ0n) is 12.5. The lowest BCUT2D eigenvalue weighted by Gasteiger charge is -2.14. The highest BCUT2D eigenvalue weighted by atomic mass is 127. The number of hydrogen-bond donors (Lipinski definition) is 3. The Morgan fingerprint density at radius 1 is 1.26 bits per heavy atom. The molecule has 0 aromatic heterocycles. The molecule has 1 aromatic rings. The normalized spacial score (nSPS) is 13.2. The lowest BCUT2D eigenvalue weighted by Crippen LogP contribution is -2.39. The minimum absolute atomic E-state index is 0. The maximum absolute atomic E-state index is 13.5. The fourth-order valence-electron chi connectivity index (χ4n) is 1.69. The van der Waals surface area contributed by atoms with Crippen molar-refractivity contribution in [3.63, 3.8) is 0 Å². The van der Waals surface area contributed by atoms with Gasteiger partial charge in [-0.1, -0.05) is 18.2 Å². The van der Waals surface area contributed by atoms with Crippen LogP contribution >= 0.6 is 24.0 Å². The molecule has 1 aromatic carbocycles. The summed E-state index contributed by atoms with van der Waals surface area (Å²) < 4.78 is 49.8. The van der Waals surface area contributed by atoms with Crippen LogP contribution in [0.4, 0.5) is 17.6 Å². The third-order valence-electron chi connectivity index (χ3n) is 2.73. The van der Waals surface area contributed by atoms with Crippen LogP contribution in [0.1, 0.15) is 25.0 Å². The van der Waals surface area contributed by atoms with Crippen LogP contribution in [0.25, 0.3) is 0 Å². The molecule has 0 aliphatic carbocycles. The number of aliphatic hydroxyl groups excluding tert-OH is 1. The van der Waals surface area contributed by atoms with E-state index in [2.05, 4.69) is 15.6 Å². The largest absolute Gasteiger partial charge is 0.390 e. The summed E-state index contributed by atoms with van der Waals surface area (Å²) in [7, 11) is 0. The molecular weight excluding hydrogens is 429 g/mol. The van der Waals surface area contributed by atoms with Crippen LogP contribution in [0.2, 0.25) is 0 Å². The quantitative estimate of drug-likeness (QED) is 0.271. The number of nitrogens with zero attached hydrogens (tertiary/aromatic N) is 1. The van der Waals surface area contributed by atoms with E-state index >= 15 is 0 Å². The van der Waals surface area contributed by atoms with E-state index in [9.17, 15) is 22.7 Å². The number of guanidine groups is 1. The van der Waals surface area contributed by atoms with Gasteiger partial charge in [0.15, 0.2) is 5.96 Å². The molecule has 1 atom stereocenters. The zero-order chi connectivity index (χ0) is 16.6. The molecule has 0 fully saturated rings. The summed E-state index contributed by atoms with van der Waals surface area (Å²) in [5.41, 5.74) is 0.0948. The molecule has 23 heavy (non-hydrogen) atoms. The summed E-state index contributed by atoms with van der Waals surface area (Å²) >= 11 is 0. The van der Waals surface area contributed by atoms with Gasteiger partial charge in [0.1, 0.15) is 11.9 Å². The van der Waals surface area contributed by atoms with Crippen LogP contribution in [0.15, 0.2) is 29.3 Å². The van der Waals surface area contributed by atoms with Gasteiger partial charge < -0.3 is 15.7 Å². The molecule has 1 rings (SSSR count). The first-order chi connectivity index (χ1) is 10.3. The summed E-state index contributed by atoms with van der Waals surface area (Å²) in [4.78, 5) is 3.96. The first-order valence-corrected chi connectivity index (χ1v) is 6.85. The number of nitrogens with one attached hydrogen (secondary N) is 2. The van der Waals surface area contributed by atoms with Crippen molar-refractivity contribution in [3.8, 4) is 0 Å². The highest BCUT2D eigenvalue weighted by Crippen LogP contribution is 2.18. The molecule has 9 heteroatoms. The number of halogens is 5. The Kier molecular flexibility index (Phi) is 10.1. The summed E-state index contributed by atoms with van der Waals surface area (Å²) in [6.45, 7) is 1.72. The number of rotatable bonds is 6. The molecular formula is C14H20F4IN3O. The van der Waals surface area contributed by atoms with Gasteiger partial charge in [-0.3, -0.25) is 4.99 Å². The molecule has 0 saturated heterocycles. The van der Waals surface area contributed by atoms with Crippen LogP contribution in [-0.4, -0.2) is 36.9 Å². The van der Waals surface area contributed by atoms with Gasteiger partial charge in [0.25, 0.3) is 0 Å². The van der Waals surface area contributed by atoms with E-state index in [0.29, 0.717) is 6.54 Å². The average molecular weight is 449 g/mol. The van der Waals surface area contributed by atoms with Gasteiger partial charge in [0.2, 0.25) is 0 Å². The molecule has 0 amide bonds. The van der Waals surface area contributed by atoms with E-state index in [1.54, 1.807) is 13.0 Å². The Bertz CT molecular complexity index is 497. The van der Waals surface area contributed by atoms with Crippen molar-refractivity contribution in [3.05, 3.63) is 35.6 Å². The maximum atomic E-state index is 13.5. The molecule has 3 N–H and O–H groups in total. The number of aliphatic hydroxyl groups is 1. The van der Waals surface area contributed by atoms with Crippen molar-refractivity contribution in [2.75, 3.05) is 19.6 Å². The van der Waals surface area contributed by atoms with Crippen molar-refractivity contribution >= 4 is 29.9 Å². The lowest BCUT2D eigenvalue weighted by molar-refractivity contribution is -0.132. The summed E-state index contributed by atoms with van der Waals surface area (Å²) in [6.07, 6.45) is -6.41. The minimum atomic E-state index is -4.25. The van der Waals surface area contributed by atoms with Gasteiger partial charge in [-0.05, 0) is 13.0 Å². The molecule has 0 radical (unpaired) electrons. The van der Waals surface area contributed by atoms with E-state index in [1.807, 2.05) is 0 Å². The second-order valence-electron chi connectivity index (χ2n) is 4.55. The topological polar surface area (TPSA) is 56.7 Å². The molecule has 0 heterocycles. The highest BCUT2D eigenvalue weighted by Gasteiger charge is 2.26. The monoisotopic (exact) mass is 449 g/mol. The smallest absolute Gasteiger partial charge is 0.386 e. The van der Waals surface area contributed by atoms with Crippen LogP contribution in [-0.2, 0) is 0 Å². The zero-order valence-corrected chi connectivity index (χ0v) is 14.9. The van der Waals surface area contributed by atoms with Gasteiger partial charge in [0, 0.05) is 18.7 Å². The third kappa shape index (κ3) is 8.94. The Balaban J connectivity index is 0.00000484. The van der Waals surface area contributed by atoms with Gasteiger partial charge in [0.05, 0.1) is 13.0 Å². The Labute approximate surface area is 149 Å². The van der Waals surface area contributed by atoms with Crippen molar-refractivity contribution in [1.29, 1.82) is 0 Å². The van der Waals surface area contributed by atoms with Crippen LogP contribution in [0, 0.1) is 5.82 Å². The molecule has 4 nitrogen and oxygen atoms in total. The van der Waals surface area contributed by atoms with E-state index in [-0.39, 0.29) is 48.6 Å². The molecule has 0 spiro atoms. The Morgan fingerprint density at radius 2 is 1.91 bits per heavy atom. The molecule has 0 aliphatic rings. The number of alkyl halides is 3. The van der Waals surface area contributed by atoms with Crippen LogP contribution in [0.5, 0.6) is 0 Å². The summed E-state index contributed by atoms with van der Waals surface area (Å²) in [6, 6.07) is 5.73. The van der Waals surface area contributed by atoms with Gasteiger partial charge in [-0.25, -0.2) is 4.39 Å². The predicted octanol–water partition coefficient (Wildman–Crippen LogP) is 2.98. The van der Waals surface area contributed by atoms with Gasteiger partial charge >= 0.3 is 6.18 Å². The van der Waals surface area contributed by atoms with Crippen molar-refractivity contribution in [1.82, 2.24) is 10.6 Å². The highest BCUT2D eigenvalue weighted by molar-refractivity contribution is 14.0.